The summed E-state index contributed by atoms with van der Waals surface area (Å²) in [4.78, 5) is 0. The standard InChI is InChI=1S/C15H22INO2/c1-11(2)17-9-14-6-7-15(19-14)10-18-13-5-3-4-12(16)8-13/h3-5,8,11,14-15,17H,6-7,9-10H2,1-2H3. The first-order valence-corrected chi connectivity index (χ1v) is 7.98. The lowest BCUT2D eigenvalue weighted by molar-refractivity contribution is 0.0178. The summed E-state index contributed by atoms with van der Waals surface area (Å²) in [6, 6.07) is 8.64. The van der Waals surface area contributed by atoms with E-state index in [4.69, 9.17) is 9.47 Å². The van der Waals surface area contributed by atoms with Crippen LogP contribution < -0.4 is 10.1 Å². The second-order valence-corrected chi connectivity index (χ2v) is 6.53. The van der Waals surface area contributed by atoms with E-state index in [1.807, 2.05) is 18.2 Å². The third-order valence-electron chi connectivity index (χ3n) is 3.18. The molecule has 2 atom stereocenters. The van der Waals surface area contributed by atoms with Gasteiger partial charge in [-0.05, 0) is 53.6 Å². The zero-order chi connectivity index (χ0) is 13.7. The molecule has 1 aromatic rings. The van der Waals surface area contributed by atoms with Crippen molar-refractivity contribution in [1.29, 1.82) is 0 Å². The number of benzene rings is 1. The Hall–Kier alpha value is -0.330. The van der Waals surface area contributed by atoms with E-state index in [1.165, 1.54) is 3.57 Å². The molecule has 1 aromatic carbocycles. The molecule has 0 radical (unpaired) electrons. The summed E-state index contributed by atoms with van der Waals surface area (Å²) in [5, 5.41) is 3.42. The Balaban J connectivity index is 1.70. The van der Waals surface area contributed by atoms with Gasteiger partial charge in [0.15, 0.2) is 0 Å². The number of ether oxygens (including phenoxy) is 2. The molecule has 0 spiro atoms. The minimum Gasteiger partial charge on any atom is -0.491 e. The summed E-state index contributed by atoms with van der Waals surface area (Å²) in [6.45, 7) is 5.91. The smallest absolute Gasteiger partial charge is 0.120 e. The van der Waals surface area contributed by atoms with Crippen molar-refractivity contribution in [1.82, 2.24) is 5.32 Å². The summed E-state index contributed by atoms with van der Waals surface area (Å²) in [6.07, 6.45) is 2.79. The lowest BCUT2D eigenvalue weighted by atomic mass is 10.2. The van der Waals surface area contributed by atoms with E-state index in [0.717, 1.165) is 25.1 Å². The van der Waals surface area contributed by atoms with Crippen LogP contribution in [-0.2, 0) is 4.74 Å². The lowest BCUT2D eigenvalue weighted by Gasteiger charge is -2.16. The second-order valence-electron chi connectivity index (χ2n) is 5.29. The third-order valence-corrected chi connectivity index (χ3v) is 3.85. The molecule has 1 heterocycles. The van der Waals surface area contributed by atoms with E-state index in [0.29, 0.717) is 18.8 Å². The maximum atomic E-state index is 5.97. The molecule has 0 saturated carbocycles. The van der Waals surface area contributed by atoms with E-state index in [9.17, 15) is 0 Å². The van der Waals surface area contributed by atoms with E-state index in [1.54, 1.807) is 0 Å². The molecule has 2 rings (SSSR count). The van der Waals surface area contributed by atoms with Gasteiger partial charge in [-0.25, -0.2) is 0 Å². The summed E-state index contributed by atoms with van der Waals surface area (Å²) in [5.74, 6) is 0.930. The summed E-state index contributed by atoms with van der Waals surface area (Å²) < 4.78 is 13.0. The van der Waals surface area contributed by atoms with Gasteiger partial charge in [0, 0.05) is 16.2 Å². The highest BCUT2D eigenvalue weighted by Gasteiger charge is 2.25. The zero-order valence-corrected chi connectivity index (χ0v) is 13.7. The summed E-state index contributed by atoms with van der Waals surface area (Å²) >= 11 is 2.29. The fraction of sp³-hybridized carbons (Fsp3) is 0.600. The van der Waals surface area contributed by atoms with Gasteiger partial charge >= 0.3 is 0 Å². The van der Waals surface area contributed by atoms with Gasteiger partial charge in [0.2, 0.25) is 0 Å². The molecule has 106 valence electrons. The topological polar surface area (TPSA) is 30.5 Å². The molecule has 1 saturated heterocycles. The summed E-state index contributed by atoms with van der Waals surface area (Å²) in [7, 11) is 0. The van der Waals surface area contributed by atoms with Crippen LogP contribution >= 0.6 is 22.6 Å². The van der Waals surface area contributed by atoms with Crippen LogP contribution in [0.5, 0.6) is 5.75 Å². The molecule has 19 heavy (non-hydrogen) atoms. The molecule has 0 aromatic heterocycles. The Morgan fingerprint density at radius 2 is 2.16 bits per heavy atom. The van der Waals surface area contributed by atoms with Gasteiger partial charge in [-0.2, -0.15) is 0 Å². The second kappa shape index (κ2) is 7.45. The van der Waals surface area contributed by atoms with E-state index in [-0.39, 0.29) is 6.10 Å². The van der Waals surface area contributed by atoms with Crippen molar-refractivity contribution in [3.63, 3.8) is 0 Å². The Morgan fingerprint density at radius 1 is 1.37 bits per heavy atom. The van der Waals surface area contributed by atoms with Gasteiger partial charge in [0.25, 0.3) is 0 Å². The van der Waals surface area contributed by atoms with Gasteiger partial charge in [-0.3, -0.25) is 0 Å². The van der Waals surface area contributed by atoms with Crippen molar-refractivity contribution in [3.8, 4) is 5.75 Å². The summed E-state index contributed by atoms with van der Waals surface area (Å²) in [5.41, 5.74) is 0. The van der Waals surface area contributed by atoms with Gasteiger partial charge in [-0.15, -0.1) is 0 Å². The van der Waals surface area contributed by atoms with Crippen LogP contribution in [0, 0.1) is 3.57 Å². The maximum Gasteiger partial charge on any atom is 0.120 e. The van der Waals surface area contributed by atoms with Crippen molar-refractivity contribution in [2.75, 3.05) is 13.2 Å². The van der Waals surface area contributed by atoms with Crippen molar-refractivity contribution >= 4 is 22.6 Å². The first-order chi connectivity index (χ1) is 9.13. The Morgan fingerprint density at radius 3 is 2.89 bits per heavy atom. The van der Waals surface area contributed by atoms with E-state index >= 15 is 0 Å². The fourth-order valence-electron chi connectivity index (χ4n) is 2.17. The molecular weight excluding hydrogens is 353 g/mol. The minimum atomic E-state index is 0.233. The van der Waals surface area contributed by atoms with Crippen LogP contribution in [0.15, 0.2) is 24.3 Å². The molecule has 0 amide bonds. The molecule has 1 fully saturated rings. The van der Waals surface area contributed by atoms with Gasteiger partial charge in [0.1, 0.15) is 12.4 Å². The van der Waals surface area contributed by atoms with Crippen LogP contribution in [-0.4, -0.2) is 31.4 Å². The normalized spacial score (nSPS) is 22.9. The Bertz CT molecular complexity index is 397. The molecule has 1 N–H and O–H groups in total. The SMILES string of the molecule is CC(C)NCC1CCC(COc2cccc(I)c2)O1. The molecule has 4 heteroatoms. The Labute approximate surface area is 129 Å². The maximum absolute atomic E-state index is 5.97. The molecular formula is C15H22INO2. The van der Waals surface area contributed by atoms with Crippen LogP contribution in [0.3, 0.4) is 0 Å². The predicted octanol–water partition coefficient (Wildman–Crippen LogP) is 3.22. The highest BCUT2D eigenvalue weighted by molar-refractivity contribution is 14.1. The average molecular weight is 375 g/mol. The quantitative estimate of drug-likeness (QED) is 0.775. The average Bonchev–Trinajstić information content (AvgIpc) is 2.82. The van der Waals surface area contributed by atoms with Gasteiger partial charge < -0.3 is 14.8 Å². The number of rotatable bonds is 6. The largest absolute Gasteiger partial charge is 0.491 e. The first-order valence-electron chi connectivity index (χ1n) is 6.90. The van der Waals surface area contributed by atoms with Gasteiger partial charge in [-0.1, -0.05) is 19.9 Å². The molecule has 3 nitrogen and oxygen atoms in total. The van der Waals surface area contributed by atoms with Crippen LogP contribution in [0.4, 0.5) is 0 Å². The number of halogens is 1. The molecule has 1 aliphatic rings. The first kappa shape index (κ1) is 15.1. The van der Waals surface area contributed by atoms with Crippen LogP contribution in [0.2, 0.25) is 0 Å². The molecule has 2 unspecified atom stereocenters. The molecule has 0 aliphatic carbocycles. The monoisotopic (exact) mass is 375 g/mol. The molecule has 0 bridgehead atoms. The van der Waals surface area contributed by atoms with Crippen molar-refractivity contribution in [2.45, 2.75) is 44.9 Å². The van der Waals surface area contributed by atoms with E-state index in [2.05, 4.69) is 47.8 Å². The van der Waals surface area contributed by atoms with Gasteiger partial charge in [0.05, 0.1) is 12.2 Å². The Kier molecular flexibility index (Phi) is 5.91. The third kappa shape index (κ3) is 5.28. The van der Waals surface area contributed by atoms with Crippen LogP contribution in [0.25, 0.3) is 0 Å². The number of nitrogens with one attached hydrogen (secondary N) is 1. The van der Waals surface area contributed by atoms with Crippen LogP contribution in [0.1, 0.15) is 26.7 Å². The van der Waals surface area contributed by atoms with Crippen molar-refractivity contribution in [3.05, 3.63) is 27.8 Å². The lowest BCUT2D eigenvalue weighted by Crippen LogP contribution is -2.32. The molecule has 1 aliphatic heterocycles. The van der Waals surface area contributed by atoms with Crippen molar-refractivity contribution in [2.24, 2.45) is 0 Å². The fourth-order valence-corrected chi connectivity index (χ4v) is 2.68. The predicted molar refractivity (Wildman–Crippen MR) is 85.7 cm³/mol. The minimum absolute atomic E-state index is 0.233. The highest BCUT2D eigenvalue weighted by atomic mass is 127. The van der Waals surface area contributed by atoms with E-state index < -0.39 is 0 Å². The highest BCUT2D eigenvalue weighted by Crippen LogP contribution is 2.21. The van der Waals surface area contributed by atoms with Crippen molar-refractivity contribution < 1.29 is 9.47 Å². The number of hydrogen-bond donors (Lipinski definition) is 1. The zero-order valence-electron chi connectivity index (χ0n) is 11.6. The number of hydrogen-bond acceptors (Lipinski definition) is 3.